The fourth-order valence-corrected chi connectivity index (χ4v) is 4.67. The zero-order valence-electron chi connectivity index (χ0n) is 15.0. The summed E-state index contributed by atoms with van der Waals surface area (Å²) < 4.78 is 0. The van der Waals surface area contributed by atoms with Crippen molar-refractivity contribution in [1.29, 1.82) is 0 Å². The van der Waals surface area contributed by atoms with Crippen molar-refractivity contribution < 1.29 is 14.4 Å². The molecule has 2 aromatic rings. The van der Waals surface area contributed by atoms with Crippen LogP contribution in [0.5, 0.6) is 0 Å². The summed E-state index contributed by atoms with van der Waals surface area (Å²) in [5.74, 6) is -0.453. The fraction of sp³-hybridized carbons (Fsp3) is 0.318. The summed E-state index contributed by atoms with van der Waals surface area (Å²) in [6, 6.07) is 13.4. The number of imide groups is 1. The van der Waals surface area contributed by atoms with Crippen molar-refractivity contribution in [3.63, 3.8) is 0 Å². The molecule has 1 N–H and O–H groups in total. The first kappa shape index (κ1) is 16.2. The van der Waals surface area contributed by atoms with Gasteiger partial charge in [-0.1, -0.05) is 49.2 Å². The second-order valence-corrected chi connectivity index (χ2v) is 7.74. The number of Topliss-reactive ketones (excluding diaryl/α,β-unsaturated/α-hetero) is 1. The number of carbonyl (C=O) groups is 3. The van der Waals surface area contributed by atoms with Crippen LogP contribution < -0.4 is 5.32 Å². The van der Waals surface area contributed by atoms with Gasteiger partial charge in [-0.3, -0.25) is 14.5 Å². The summed E-state index contributed by atoms with van der Waals surface area (Å²) >= 11 is 0. The van der Waals surface area contributed by atoms with Gasteiger partial charge in [-0.2, -0.15) is 0 Å². The Morgan fingerprint density at radius 2 is 1.74 bits per heavy atom. The second-order valence-electron chi connectivity index (χ2n) is 7.74. The summed E-state index contributed by atoms with van der Waals surface area (Å²) in [6.07, 6.45) is 4.06. The monoisotopic (exact) mass is 360 g/mol. The van der Waals surface area contributed by atoms with E-state index in [1.807, 2.05) is 24.3 Å². The third-order valence-corrected chi connectivity index (χ3v) is 6.13. The number of ketones is 1. The smallest absolute Gasteiger partial charge is 0.323 e. The van der Waals surface area contributed by atoms with Crippen molar-refractivity contribution in [2.45, 2.75) is 37.6 Å². The van der Waals surface area contributed by atoms with E-state index >= 15 is 0 Å². The Bertz CT molecular complexity index is 989. The van der Waals surface area contributed by atoms with Crippen LogP contribution >= 0.6 is 0 Å². The minimum Gasteiger partial charge on any atom is -0.323 e. The zero-order chi connectivity index (χ0) is 18.6. The molecule has 0 atom stereocenters. The Morgan fingerprint density at radius 3 is 2.56 bits per heavy atom. The Labute approximate surface area is 157 Å². The van der Waals surface area contributed by atoms with Crippen LogP contribution in [-0.4, -0.2) is 34.7 Å². The SMILES string of the molecule is O=C(CN1C(=O)NC2(CCCC2)C1=O)c1ccc2c(c1)-c1ccccc1C2. The van der Waals surface area contributed by atoms with Crippen molar-refractivity contribution in [3.8, 4) is 11.1 Å². The molecule has 27 heavy (non-hydrogen) atoms. The van der Waals surface area contributed by atoms with Gasteiger partial charge in [-0.05, 0) is 47.6 Å². The molecule has 0 bridgehead atoms. The van der Waals surface area contributed by atoms with Crippen molar-refractivity contribution in [1.82, 2.24) is 10.2 Å². The maximum atomic E-state index is 12.8. The molecule has 2 aromatic carbocycles. The minimum atomic E-state index is -0.770. The molecule has 136 valence electrons. The van der Waals surface area contributed by atoms with Crippen LogP contribution in [0.4, 0.5) is 4.79 Å². The number of amides is 3. The van der Waals surface area contributed by atoms with E-state index in [0.717, 1.165) is 35.3 Å². The minimum absolute atomic E-state index is 0.202. The molecule has 3 aliphatic rings. The molecule has 2 fully saturated rings. The van der Waals surface area contributed by atoms with Gasteiger partial charge in [-0.25, -0.2) is 4.79 Å². The third-order valence-electron chi connectivity index (χ3n) is 6.13. The van der Waals surface area contributed by atoms with Crippen LogP contribution in [0, 0.1) is 0 Å². The number of fused-ring (bicyclic) bond motifs is 3. The molecule has 1 aliphatic heterocycles. The Kier molecular flexibility index (Phi) is 3.47. The van der Waals surface area contributed by atoms with Crippen LogP contribution in [0.25, 0.3) is 11.1 Å². The number of benzene rings is 2. The lowest BCUT2D eigenvalue weighted by Crippen LogP contribution is -2.44. The van der Waals surface area contributed by atoms with Gasteiger partial charge in [0.05, 0.1) is 6.54 Å². The van der Waals surface area contributed by atoms with E-state index in [-0.39, 0.29) is 18.2 Å². The van der Waals surface area contributed by atoms with E-state index in [9.17, 15) is 14.4 Å². The first-order valence-corrected chi connectivity index (χ1v) is 9.46. The number of nitrogens with zero attached hydrogens (tertiary/aromatic N) is 1. The van der Waals surface area contributed by atoms with Gasteiger partial charge in [0.2, 0.25) is 0 Å². The van der Waals surface area contributed by atoms with Gasteiger partial charge in [0.1, 0.15) is 5.54 Å². The first-order chi connectivity index (χ1) is 13.1. The maximum absolute atomic E-state index is 12.8. The molecule has 3 amide bonds. The summed E-state index contributed by atoms with van der Waals surface area (Å²) in [7, 11) is 0. The molecule has 5 nitrogen and oxygen atoms in total. The number of nitrogens with one attached hydrogen (secondary N) is 1. The lowest BCUT2D eigenvalue weighted by Gasteiger charge is -2.19. The maximum Gasteiger partial charge on any atom is 0.325 e. The quantitative estimate of drug-likeness (QED) is 0.576. The number of carbonyl (C=O) groups excluding carboxylic acids is 3. The summed E-state index contributed by atoms with van der Waals surface area (Å²) in [6.45, 7) is -0.202. The normalized spacial score (nSPS) is 19.3. The molecule has 5 heteroatoms. The Morgan fingerprint density at radius 1 is 1.00 bits per heavy atom. The summed E-state index contributed by atoms with van der Waals surface area (Å²) in [4.78, 5) is 39.0. The van der Waals surface area contributed by atoms with E-state index in [1.54, 1.807) is 6.07 Å². The molecular weight excluding hydrogens is 340 g/mol. The lowest BCUT2D eigenvalue weighted by molar-refractivity contribution is -0.130. The van der Waals surface area contributed by atoms with E-state index in [4.69, 9.17) is 0 Å². The molecular formula is C22H20N2O3. The van der Waals surface area contributed by atoms with Crippen LogP contribution in [0.3, 0.4) is 0 Å². The van der Waals surface area contributed by atoms with Gasteiger partial charge in [-0.15, -0.1) is 0 Å². The van der Waals surface area contributed by atoms with Crippen LogP contribution in [0.1, 0.15) is 47.2 Å². The summed E-state index contributed by atoms with van der Waals surface area (Å²) in [5.41, 5.74) is 4.46. The average molecular weight is 360 g/mol. The highest BCUT2D eigenvalue weighted by molar-refractivity contribution is 6.11. The number of hydrogen-bond acceptors (Lipinski definition) is 3. The fourth-order valence-electron chi connectivity index (χ4n) is 4.67. The van der Waals surface area contributed by atoms with Gasteiger partial charge >= 0.3 is 6.03 Å². The van der Waals surface area contributed by atoms with Crippen molar-refractivity contribution >= 4 is 17.7 Å². The van der Waals surface area contributed by atoms with E-state index in [0.29, 0.717) is 18.4 Å². The zero-order valence-corrected chi connectivity index (χ0v) is 15.0. The highest BCUT2D eigenvalue weighted by Crippen LogP contribution is 2.37. The number of hydrogen-bond donors (Lipinski definition) is 1. The van der Waals surface area contributed by atoms with Crippen LogP contribution in [-0.2, 0) is 11.2 Å². The Hall–Kier alpha value is -2.95. The van der Waals surface area contributed by atoms with Crippen LogP contribution in [0.15, 0.2) is 42.5 Å². The lowest BCUT2D eigenvalue weighted by atomic mass is 9.97. The highest BCUT2D eigenvalue weighted by atomic mass is 16.2. The van der Waals surface area contributed by atoms with Crippen LogP contribution in [0.2, 0.25) is 0 Å². The molecule has 0 radical (unpaired) electrons. The predicted octanol–water partition coefficient (Wildman–Crippen LogP) is 3.31. The molecule has 0 aromatic heterocycles. The van der Waals surface area contributed by atoms with Gasteiger partial charge in [0.25, 0.3) is 5.91 Å². The largest absolute Gasteiger partial charge is 0.325 e. The van der Waals surface area contributed by atoms with Gasteiger partial charge in [0.15, 0.2) is 5.78 Å². The van der Waals surface area contributed by atoms with Crippen molar-refractivity contribution in [2.75, 3.05) is 6.54 Å². The molecule has 1 saturated carbocycles. The third kappa shape index (κ3) is 2.41. The topological polar surface area (TPSA) is 66.5 Å². The highest BCUT2D eigenvalue weighted by Gasteiger charge is 2.52. The van der Waals surface area contributed by atoms with E-state index in [2.05, 4.69) is 17.4 Å². The predicted molar refractivity (Wildman–Crippen MR) is 100 cm³/mol. The molecule has 1 heterocycles. The summed E-state index contributed by atoms with van der Waals surface area (Å²) in [5, 5.41) is 2.83. The number of rotatable bonds is 3. The van der Waals surface area contributed by atoms with Crippen molar-refractivity contribution in [2.24, 2.45) is 0 Å². The van der Waals surface area contributed by atoms with Gasteiger partial charge < -0.3 is 5.32 Å². The number of urea groups is 1. The molecule has 0 unspecified atom stereocenters. The molecule has 5 rings (SSSR count). The molecule has 2 aliphatic carbocycles. The Balaban J connectivity index is 1.40. The first-order valence-electron chi connectivity index (χ1n) is 9.46. The standard InChI is InChI=1S/C22H20N2O3/c25-19(13-24-20(26)22(23-21(24)27)9-3-4-10-22)16-8-7-15-11-14-5-1-2-6-17(14)18(15)12-16/h1-2,5-8,12H,3-4,9-11,13H2,(H,23,27). The van der Waals surface area contributed by atoms with E-state index in [1.165, 1.54) is 11.1 Å². The van der Waals surface area contributed by atoms with Crippen molar-refractivity contribution in [3.05, 3.63) is 59.2 Å². The van der Waals surface area contributed by atoms with E-state index < -0.39 is 11.6 Å². The molecule has 1 saturated heterocycles. The average Bonchev–Trinajstić information content (AvgIpc) is 3.35. The molecule has 1 spiro atoms. The van der Waals surface area contributed by atoms with Gasteiger partial charge in [0, 0.05) is 5.56 Å². The second kappa shape index (κ2) is 5.78.